The molecule has 1 N–H and O–H groups in total. The maximum atomic E-state index is 13.0. The second kappa shape index (κ2) is 7.31. The number of aliphatic hydroxyl groups excluding tert-OH is 1. The highest BCUT2D eigenvalue weighted by Crippen LogP contribution is 2.35. The molecule has 2 fully saturated rings. The number of nitrogens with zero attached hydrogens (tertiary/aromatic N) is 2. The fourth-order valence-corrected chi connectivity index (χ4v) is 4.24. The highest BCUT2D eigenvalue weighted by molar-refractivity contribution is 5.82. The van der Waals surface area contributed by atoms with Crippen LogP contribution in [0.5, 0.6) is 0 Å². The van der Waals surface area contributed by atoms with Crippen molar-refractivity contribution in [2.45, 2.75) is 84.3 Å². The summed E-state index contributed by atoms with van der Waals surface area (Å²) in [7, 11) is 0. The monoisotopic (exact) mass is 310 g/mol. The lowest BCUT2D eigenvalue weighted by atomic mass is 9.76. The van der Waals surface area contributed by atoms with Gasteiger partial charge in [0.1, 0.15) is 0 Å². The first kappa shape index (κ1) is 17.7. The molecule has 2 aliphatic rings. The van der Waals surface area contributed by atoms with E-state index in [0.717, 1.165) is 45.2 Å². The number of hydrogen-bond donors (Lipinski definition) is 1. The topological polar surface area (TPSA) is 43.8 Å². The molecule has 2 saturated heterocycles. The van der Waals surface area contributed by atoms with Crippen LogP contribution in [0.15, 0.2) is 0 Å². The Morgan fingerprint density at radius 1 is 1.23 bits per heavy atom. The zero-order valence-corrected chi connectivity index (χ0v) is 14.8. The van der Waals surface area contributed by atoms with Gasteiger partial charge in [0.25, 0.3) is 0 Å². The molecule has 3 atom stereocenters. The summed E-state index contributed by atoms with van der Waals surface area (Å²) in [4.78, 5) is 17.4. The molecule has 2 rings (SSSR count). The third-order valence-corrected chi connectivity index (χ3v) is 6.30. The van der Waals surface area contributed by atoms with E-state index in [4.69, 9.17) is 0 Å². The molecular weight excluding hydrogens is 276 g/mol. The van der Waals surface area contributed by atoms with Crippen molar-refractivity contribution in [1.29, 1.82) is 0 Å². The largest absolute Gasteiger partial charge is 0.396 e. The summed E-state index contributed by atoms with van der Waals surface area (Å²) in [5.74, 6) is 0.299. The lowest BCUT2D eigenvalue weighted by Gasteiger charge is -2.45. The Morgan fingerprint density at radius 3 is 2.23 bits per heavy atom. The SMILES string of the molecule is CCC1(CO)CCN(C(C)C(=O)N2C(C)CCCC2C)CC1. The van der Waals surface area contributed by atoms with E-state index >= 15 is 0 Å². The summed E-state index contributed by atoms with van der Waals surface area (Å²) in [5.41, 5.74) is 0.0883. The van der Waals surface area contributed by atoms with E-state index in [1.807, 2.05) is 0 Å². The Hall–Kier alpha value is -0.610. The molecule has 2 heterocycles. The van der Waals surface area contributed by atoms with Crippen LogP contribution >= 0.6 is 0 Å². The van der Waals surface area contributed by atoms with Crippen molar-refractivity contribution in [3.8, 4) is 0 Å². The molecule has 0 aromatic heterocycles. The summed E-state index contributed by atoms with van der Waals surface area (Å²) in [6.07, 6.45) is 6.53. The van der Waals surface area contributed by atoms with Crippen molar-refractivity contribution < 1.29 is 9.90 Å². The first-order chi connectivity index (χ1) is 10.4. The smallest absolute Gasteiger partial charge is 0.240 e. The lowest BCUT2D eigenvalue weighted by molar-refractivity contribution is -0.143. The first-order valence-corrected chi connectivity index (χ1v) is 9.11. The molecule has 0 saturated carbocycles. The average Bonchev–Trinajstić information content (AvgIpc) is 2.54. The highest BCUT2D eigenvalue weighted by Gasteiger charge is 2.38. The number of amides is 1. The van der Waals surface area contributed by atoms with Gasteiger partial charge in [-0.25, -0.2) is 0 Å². The van der Waals surface area contributed by atoms with Crippen LogP contribution in [0, 0.1) is 5.41 Å². The number of aliphatic hydroxyl groups is 1. The summed E-state index contributed by atoms with van der Waals surface area (Å²) in [5, 5.41) is 9.66. The molecule has 128 valence electrons. The van der Waals surface area contributed by atoms with Crippen LogP contribution in [0.4, 0.5) is 0 Å². The van der Waals surface area contributed by atoms with E-state index in [2.05, 4.69) is 37.5 Å². The van der Waals surface area contributed by atoms with Gasteiger partial charge in [-0.15, -0.1) is 0 Å². The number of hydrogen-bond acceptors (Lipinski definition) is 3. The molecule has 0 radical (unpaired) electrons. The summed E-state index contributed by atoms with van der Waals surface area (Å²) < 4.78 is 0. The maximum absolute atomic E-state index is 13.0. The Balaban J connectivity index is 1.97. The zero-order chi connectivity index (χ0) is 16.3. The van der Waals surface area contributed by atoms with E-state index in [1.54, 1.807) is 0 Å². The van der Waals surface area contributed by atoms with E-state index in [9.17, 15) is 9.90 Å². The minimum Gasteiger partial charge on any atom is -0.396 e. The maximum Gasteiger partial charge on any atom is 0.240 e. The average molecular weight is 310 g/mol. The molecular formula is C18H34N2O2. The molecule has 22 heavy (non-hydrogen) atoms. The normalized spacial score (nSPS) is 31.0. The summed E-state index contributed by atoms with van der Waals surface area (Å²) in [6.45, 7) is 10.7. The van der Waals surface area contributed by atoms with Gasteiger partial charge < -0.3 is 10.0 Å². The predicted octanol–water partition coefficient (Wildman–Crippen LogP) is 2.65. The highest BCUT2D eigenvalue weighted by atomic mass is 16.3. The molecule has 4 heteroatoms. The van der Waals surface area contributed by atoms with Gasteiger partial charge in [-0.1, -0.05) is 6.92 Å². The quantitative estimate of drug-likeness (QED) is 0.868. The number of rotatable bonds is 4. The van der Waals surface area contributed by atoms with Gasteiger partial charge in [-0.05, 0) is 77.8 Å². The first-order valence-electron chi connectivity index (χ1n) is 9.11. The molecule has 3 unspecified atom stereocenters. The fraction of sp³-hybridized carbons (Fsp3) is 0.944. The van der Waals surface area contributed by atoms with Gasteiger partial charge in [-0.3, -0.25) is 9.69 Å². The minimum absolute atomic E-state index is 0.0310. The van der Waals surface area contributed by atoms with Crippen LogP contribution in [-0.4, -0.2) is 58.6 Å². The Bertz CT molecular complexity index is 361. The Labute approximate surface area is 135 Å². The second-order valence-electron chi connectivity index (χ2n) is 7.60. The van der Waals surface area contributed by atoms with Crippen molar-refractivity contribution in [2.75, 3.05) is 19.7 Å². The molecule has 2 aliphatic heterocycles. The molecule has 0 aromatic carbocycles. The van der Waals surface area contributed by atoms with Crippen LogP contribution in [0.1, 0.15) is 66.2 Å². The molecule has 1 amide bonds. The van der Waals surface area contributed by atoms with E-state index in [0.29, 0.717) is 18.0 Å². The number of piperidine rings is 2. The van der Waals surface area contributed by atoms with Crippen molar-refractivity contribution in [3.05, 3.63) is 0 Å². The minimum atomic E-state index is -0.0310. The number of carbonyl (C=O) groups excluding carboxylic acids is 1. The molecule has 0 bridgehead atoms. The summed E-state index contributed by atoms with van der Waals surface area (Å²) in [6, 6.07) is 0.711. The van der Waals surface area contributed by atoms with E-state index in [-0.39, 0.29) is 18.1 Å². The van der Waals surface area contributed by atoms with E-state index < -0.39 is 0 Å². The van der Waals surface area contributed by atoms with Gasteiger partial charge in [0.2, 0.25) is 5.91 Å². The van der Waals surface area contributed by atoms with Gasteiger partial charge in [-0.2, -0.15) is 0 Å². The third kappa shape index (κ3) is 3.48. The predicted molar refractivity (Wildman–Crippen MR) is 89.7 cm³/mol. The van der Waals surface area contributed by atoms with Gasteiger partial charge >= 0.3 is 0 Å². The van der Waals surface area contributed by atoms with Crippen molar-refractivity contribution in [2.24, 2.45) is 5.41 Å². The van der Waals surface area contributed by atoms with Crippen molar-refractivity contribution >= 4 is 5.91 Å². The molecule has 4 nitrogen and oxygen atoms in total. The number of carbonyl (C=O) groups is 1. The second-order valence-corrected chi connectivity index (χ2v) is 7.60. The standard InChI is InChI=1S/C18H34N2O2/c1-5-18(13-21)9-11-19(12-10-18)16(4)17(22)20-14(2)7-6-8-15(20)3/h14-16,21H,5-13H2,1-4H3. The van der Waals surface area contributed by atoms with Crippen molar-refractivity contribution in [3.63, 3.8) is 0 Å². The van der Waals surface area contributed by atoms with Crippen LogP contribution < -0.4 is 0 Å². The third-order valence-electron chi connectivity index (χ3n) is 6.30. The Morgan fingerprint density at radius 2 is 1.77 bits per heavy atom. The van der Waals surface area contributed by atoms with Crippen LogP contribution in [0.2, 0.25) is 0 Å². The van der Waals surface area contributed by atoms with Gasteiger partial charge in [0.05, 0.1) is 6.04 Å². The zero-order valence-electron chi connectivity index (χ0n) is 14.8. The van der Waals surface area contributed by atoms with Gasteiger partial charge in [0, 0.05) is 18.7 Å². The van der Waals surface area contributed by atoms with E-state index in [1.165, 1.54) is 6.42 Å². The summed E-state index contributed by atoms with van der Waals surface area (Å²) >= 11 is 0. The van der Waals surface area contributed by atoms with Gasteiger partial charge in [0.15, 0.2) is 0 Å². The van der Waals surface area contributed by atoms with Crippen LogP contribution in [0.25, 0.3) is 0 Å². The number of likely N-dealkylation sites (tertiary alicyclic amines) is 2. The van der Waals surface area contributed by atoms with Crippen LogP contribution in [0.3, 0.4) is 0 Å². The Kier molecular flexibility index (Phi) is 5.89. The molecule has 0 aliphatic carbocycles. The lowest BCUT2D eigenvalue weighted by Crippen LogP contribution is -2.56. The van der Waals surface area contributed by atoms with Crippen molar-refractivity contribution in [1.82, 2.24) is 9.80 Å². The molecule has 0 aromatic rings. The van der Waals surface area contributed by atoms with Crippen LogP contribution in [-0.2, 0) is 4.79 Å². The molecule has 0 spiro atoms. The fourth-order valence-electron chi connectivity index (χ4n) is 4.24.